The van der Waals surface area contributed by atoms with Crippen LogP contribution in [0.1, 0.15) is 10.6 Å². The molecule has 1 aromatic heterocycles. The van der Waals surface area contributed by atoms with Crippen LogP contribution in [0.3, 0.4) is 0 Å². The Balaban J connectivity index is 2.03. The van der Waals surface area contributed by atoms with Crippen molar-refractivity contribution in [3.05, 3.63) is 36.1 Å². The molecule has 0 spiro atoms. The van der Waals surface area contributed by atoms with E-state index < -0.39 is 5.97 Å². The molecule has 1 fully saturated rings. The zero-order chi connectivity index (χ0) is 15.0. The van der Waals surface area contributed by atoms with Gasteiger partial charge >= 0.3 is 12.0 Å². The van der Waals surface area contributed by atoms with E-state index in [1.54, 1.807) is 29.0 Å². The lowest BCUT2D eigenvalue weighted by Crippen LogP contribution is -2.29. The van der Waals surface area contributed by atoms with Gasteiger partial charge in [0, 0.05) is 31.8 Å². The van der Waals surface area contributed by atoms with Crippen LogP contribution in [0.2, 0.25) is 0 Å². The Bertz CT molecular complexity index is 710. The number of amides is 2. The zero-order valence-corrected chi connectivity index (χ0v) is 11.3. The molecule has 1 saturated heterocycles. The summed E-state index contributed by atoms with van der Waals surface area (Å²) in [6.07, 6.45) is 0. The van der Waals surface area contributed by atoms with Gasteiger partial charge in [-0.25, -0.2) is 9.59 Å². The fourth-order valence-electron chi connectivity index (χ4n) is 2.30. The summed E-state index contributed by atoms with van der Waals surface area (Å²) >= 11 is 0. The monoisotopic (exact) mass is 287 g/mol. The molecule has 2 heterocycles. The minimum atomic E-state index is -1.18. The number of carboxylic acid groups (broad SMARTS) is 1. The summed E-state index contributed by atoms with van der Waals surface area (Å²) < 4.78 is 4.78. The highest BCUT2D eigenvalue weighted by Crippen LogP contribution is 2.32. The maximum absolute atomic E-state index is 12.1. The number of carbonyl (C=O) groups excluding carboxylic acids is 1. The molecule has 0 saturated carbocycles. The number of rotatable bonds is 3. The molecular weight excluding hydrogens is 274 g/mol. The summed E-state index contributed by atoms with van der Waals surface area (Å²) in [6, 6.07) is 8.47. The van der Waals surface area contributed by atoms with Crippen molar-refractivity contribution in [3.8, 4) is 11.3 Å². The first-order valence-electron chi connectivity index (χ1n) is 6.40. The molecule has 2 amide bonds. The van der Waals surface area contributed by atoms with Gasteiger partial charge in [-0.1, -0.05) is 23.4 Å². The fraction of sp³-hybridized carbons (Fsp3) is 0.214. The summed E-state index contributed by atoms with van der Waals surface area (Å²) in [7, 11) is 1.74. The lowest BCUT2D eigenvalue weighted by molar-refractivity contribution is 0.0652. The van der Waals surface area contributed by atoms with Crippen molar-refractivity contribution in [2.24, 2.45) is 0 Å². The van der Waals surface area contributed by atoms with E-state index in [1.165, 1.54) is 6.07 Å². The molecule has 21 heavy (non-hydrogen) atoms. The van der Waals surface area contributed by atoms with Crippen LogP contribution in [0.25, 0.3) is 11.3 Å². The van der Waals surface area contributed by atoms with Crippen molar-refractivity contribution in [3.63, 3.8) is 0 Å². The molecule has 108 valence electrons. The molecule has 0 atom stereocenters. The first kappa shape index (κ1) is 13.2. The largest absolute Gasteiger partial charge is 0.475 e. The van der Waals surface area contributed by atoms with E-state index >= 15 is 0 Å². The normalized spacial score (nSPS) is 14.8. The van der Waals surface area contributed by atoms with Crippen LogP contribution >= 0.6 is 0 Å². The molecule has 2 aromatic rings. The van der Waals surface area contributed by atoms with Crippen molar-refractivity contribution < 1.29 is 19.2 Å². The summed E-state index contributed by atoms with van der Waals surface area (Å²) in [6.45, 7) is 1.22. The standard InChI is InChI=1S/C14H13N3O4/c1-16-6-7-17(14(16)20)11-5-3-2-4-9(11)10-8-12(13(18)19)21-15-10/h2-5,8H,6-7H2,1H3,(H,18,19). The third kappa shape index (κ3) is 2.22. The molecule has 7 nitrogen and oxygen atoms in total. The van der Waals surface area contributed by atoms with Crippen molar-refractivity contribution >= 4 is 17.7 Å². The molecule has 3 rings (SSSR count). The second-order valence-corrected chi connectivity index (χ2v) is 4.75. The quantitative estimate of drug-likeness (QED) is 0.931. The van der Waals surface area contributed by atoms with Crippen LogP contribution in [-0.2, 0) is 0 Å². The predicted molar refractivity (Wildman–Crippen MR) is 74.3 cm³/mol. The second kappa shape index (κ2) is 4.93. The minimum absolute atomic E-state index is 0.0931. The highest BCUT2D eigenvalue weighted by Gasteiger charge is 2.29. The van der Waals surface area contributed by atoms with Gasteiger partial charge in [0.1, 0.15) is 5.69 Å². The van der Waals surface area contributed by atoms with E-state index in [4.69, 9.17) is 9.63 Å². The average Bonchev–Trinajstić information content (AvgIpc) is 3.08. The number of hydrogen-bond donors (Lipinski definition) is 1. The Morgan fingerprint density at radius 3 is 2.71 bits per heavy atom. The van der Waals surface area contributed by atoms with E-state index in [2.05, 4.69) is 5.16 Å². The summed E-state index contributed by atoms with van der Waals surface area (Å²) in [4.78, 5) is 26.3. The first-order chi connectivity index (χ1) is 10.1. The zero-order valence-electron chi connectivity index (χ0n) is 11.3. The lowest BCUT2D eigenvalue weighted by Gasteiger charge is -2.18. The minimum Gasteiger partial charge on any atom is -0.475 e. The van der Waals surface area contributed by atoms with Crippen LogP contribution in [0, 0.1) is 0 Å². The van der Waals surface area contributed by atoms with Gasteiger partial charge in [0.2, 0.25) is 5.76 Å². The molecule has 1 aliphatic rings. The SMILES string of the molecule is CN1CCN(c2ccccc2-c2cc(C(=O)O)on2)C1=O. The number of aromatic carboxylic acids is 1. The Hall–Kier alpha value is -2.83. The smallest absolute Gasteiger partial charge is 0.374 e. The van der Waals surface area contributed by atoms with E-state index in [0.717, 1.165) is 0 Å². The van der Waals surface area contributed by atoms with Crippen LogP contribution in [0.4, 0.5) is 10.5 Å². The number of carbonyl (C=O) groups is 2. The molecule has 1 N–H and O–H groups in total. The number of benzene rings is 1. The van der Waals surface area contributed by atoms with E-state index in [-0.39, 0.29) is 11.8 Å². The molecule has 0 unspecified atom stereocenters. The average molecular weight is 287 g/mol. The number of aromatic nitrogens is 1. The number of nitrogens with zero attached hydrogens (tertiary/aromatic N) is 3. The van der Waals surface area contributed by atoms with Crippen LogP contribution in [-0.4, -0.2) is 47.3 Å². The van der Waals surface area contributed by atoms with Crippen LogP contribution < -0.4 is 4.90 Å². The van der Waals surface area contributed by atoms with Gasteiger partial charge < -0.3 is 14.5 Å². The van der Waals surface area contributed by atoms with Gasteiger partial charge in [0.25, 0.3) is 0 Å². The topological polar surface area (TPSA) is 86.9 Å². The van der Waals surface area contributed by atoms with Crippen molar-refractivity contribution in [1.29, 1.82) is 0 Å². The van der Waals surface area contributed by atoms with Gasteiger partial charge in [-0.3, -0.25) is 4.90 Å². The van der Waals surface area contributed by atoms with Crippen molar-refractivity contribution in [2.75, 3.05) is 25.0 Å². The Labute approximate surface area is 120 Å². The maximum Gasteiger partial charge on any atom is 0.374 e. The van der Waals surface area contributed by atoms with Gasteiger partial charge in [-0.05, 0) is 6.07 Å². The Morgan fingerprint density at radius 1 is 1.33 bits per heavy atom. The first-order valence-corrected chi connectivity index (χ1v) is 6.40. The van der Waals surface area contributed by atoms with Gasteiger partial charge in [-0.15, -0.1) is 0 Å². The number of anilines is 1. The summed E-state index contributed by atoms with van der Waals surface area (Å²) in [5.41, 5.74) is 1.75. The predicted octanol–water partition coefficient (Wildman–Crippen LogP) is 1.91. The van der Waals surface area contributed by atoms with Gasteiger partial charge in [-0.2, -0.15) is 0 Å². The van der Waals surface area contributed by atoms with E-state index in [1.807, 2.05) is 12.1 Å². The fourth-order valence-corrected chi connectivity index (χ4v) is 2.30. The highest BCUT2D eigenvalue weighted by molar-refractivity contribution is 5.98. The number of carboxylic acids is 1. The molecule has 1 aliphatic heterocycles. The Morgan fingerprint density at radius 2 is 2.10 bits per heavy atom. The molecule has 0 radical (unpaired) electrons. The van der Waals surface area contributed by atoms with E-state index in [0.29, 0.717) is 30.0 Å². The molecule has 0 aliphatic carbocycles. The molecule has 7 heteroatoms. The highest BCUT2D eigenvalue weighted by atomic mass is 16.5. The maximum atomic E-state index is 12.1. The van der Waals surface area contributed by atoms with Crippen molar-refractivity contribution in [1.82, 2.24) is 10.1 Å². The summed E-state index contributed by atoms with van der Waals surface area (Å²) in [5, 5.41) is 12.7. The van der Waals surface area contributed by atoms with Gasteiger partial charge in [0.15, 0.2) is 0 Å². The van der Waals surface area contributed by atoms with Crippen LogP contribution in [0.5, 0.6) is 0 Å². The lowest BCUT2D eigenvalue weighted by atomic mass is 10.1. The molecular formula is C14H13N3O4. The molecule has 0 bridgehead atoms. The third-order valence-corrected chi connectivity index (χ3v) is 3.41. The second-order valence-electron chi connectivity index (χ2n) is 4.75. The number of likely N-dealkylation sites (N-methyl/N-ethyl adjacent to an activating group) is 1. The van der Waals surface area contributed by atoms with Crippen molar-refractivity contribution in [2.45, 2.75) is 0 Å². The molecule has 1 aromatic carbocycles. The van der Waals surface area contributed by atoms with Gasteiger partial charge in [0.05, 0.1) is 5.69 Å². The Kier molecular flexibility index (Phi) is 3.09. The van der Waals surface area contributed by atoms with Crippen LogP contribution in [0.15, 0.2) is 34.9 Å². The number of hydrogen-bond acceptors (Lipinski definition) is 4. The third-order valence-electron chi connectivity index (χ3n) is 3.41. The van der Waals surface area contributed by atoms with E-state index in [9.17, 15) is 9.59 Å². The summed E-state index contributed by atoms with van der Waals surface area (Å²) in [5.74, 6) is -1.41. The number of urea groups is 1. The number of para-hydroxylation sites is 1.